The molecular weight excluding hydrogens is 340 g/mol. The van der Waals surface area contributed by atoms with E-state index in [1.807, 2.05) is 25.1 Å². The number of methoxy groups -OCH3 is 1. The van der Waals surface area contributed by atoms with E-state index >= 15 is 0 Å². The molecule has 1 aromatic carbocycles. The second-order valence-corrected chi connectivity index (χ2v) is 6.90. The van der Waals surface area contributed by atoms with Crippen LogP contribution >= 0.6 is 12.4 Å². The Morgan fingerprint density at radius 2 is 2.08 bits per heavy atom. The van der Waals surface area contributed by atoms with E-state index < -0.39 is 0 Å². The predicted octanol–water partition coefficient (Wildman–Crippen LogP) is 3.47. The molecule has 25 heavy (non-hydrogen) atoms. The molecule has 2 atom stereocenters. The van der Waals surface area contributed by atoms with E-state index in [-0.39, 0.29) is 24.4 Å². The van der Waals surface area contributed by atoms with Gasteiger partial charge in [0.05, 0.1) is 19.8 Å². The summed E-state index contributed by atoms with van der Waals surface area (Å²) < 4.78 is 11.2. The molecule has 2 unspecified atom stereocenters. The first kappa shape index (κ1) is 21.6. The van der Waals surface area contributed by atoms with Gasteiger partial charge in [-0.25, -0.2) is 0 Å². The Morgan fingerprint density at radius 3 is 2.68 bits per heavy atom. The predicted molar refractivity (Wildman–Crippen MR) is 103 cm³/mol. The van der Waals surface area contributed by atoms with Gasteiger partial charge in [-0.3, -0.25) is 4.79 Å². The van der Waals surface area contributed by atoms with E-state index in [0.717, 1.165) is 30.7 Å². The van der Waals surface area contributed by atoms with Crippen LogP contribution in [0.15, 0.2) is 18.2 Å². The molecule has 0 spiro atoms. The first-order valence-electron chi connectivity index (χ1n) is 8.83. The molecule has 0 saturated carbocycles. The van der Waals surface area contributed by atoms with Gasteiger partial charge in [0.15, 0.2) is 11.5 Å². The van der Waals surface area contributed by atoms with Gasteiger partial charge < -0.3 is 20.1 Å². The number of benzene rings is 1. The van der Waals surface area contributed by atoms with Crippen LogP contribution in [0.1, 0.15) is 51.6 Å². The van der Waals surface area contributed by atoms with Gasteiger partial charge in [0.2, 0.25) is 5.91 Å². The molecule has 0 radical (unpaired) electrons. The first-order chi connectivity index (χ1) is 11.5. The Kier molecular flexibility index (Phi) is 9.08. The van der Waals surface area contributed by atoms with Crippen molar-refractivity contribution in [2.24, 2.45) is 5.92 Å². The molecule has 1 amide bonds. The van der Waals surface area contributed by atoms with Crippen LogP contribution in [0, 0.1) is 5.92 Å². The van der Waals surface area contributed by atoms with Crippen LogP contribution in [0.2, 0.25) is 0 Å². The minimum Gasteiger partial charge on any atom is -0.493 e. The lowest BCUT2D eigenvalue weighted by molar-refractivity contribution is -0.122. The largest absolute Gasteiger partial charge is 0.493 e. The summed E-state index contributed by atoms with van der Waals surface area (Å²) in [5.41, 5.74) is 1.01. The number of hydrogen-bond acceptors (Lipinski definition) is 4. The highest BCUT2D eigenvalue weighted by Crippen LogP contribution is 2.30. The zero-order chi connectivity index (χ0) is 17.5. The second-order valence-electron chi connectivity index (χ2n) is 6.90. The number of hydrogen-bond donors (Lipinski definition) is 2. The summed E-state index contributed by atoms with van der Waals surface area (Å²) in [6.45, 7) is 7.87. The number of carbonyl (C=O) groups excluding carboxylic acids is 1. The highest BCUT2D eigenvalue weighted by Gasteiger charge is 2.19. The molecule has 6 heteroatoms. The average Bonchev–Trinajstić information content (AvgIpc) is 3.05. The molecule has 1 aromatic rings. The van der Waals surface area contributed by atoms with Crippen LogP contribution in [-0.2, 0) is 4.79 Å². The van der Waals surface area contributed by atoms with E-state index in [1.165, 1.54) is 0 Å². The lowest BCUT2D eigenvalue weighted by Crippen LogP contribution is -2.33. The van der Waals surface area contributed by atoms with Gasteiger partial charge in [-0.1, -0.05) is 19.9 Å². The Bertz CT molecular complexity index is 545. The lowest BCUT2D eigenvalue weighted by atomic mass is 10.1. The van der Waals surface area contributed by atoms with E-state index in [9.17, 15) is 4.79 Å². The van der Waals surface area contributed by atoms with Crippen LogP contribution in [-0.4, -0.2) is 32.2 Å². The van der Waals surface area contributed by atoms with Gasteiger partial charge in [0.25, 0.3) is 0 Å². The Labute approximate surface area is 157 Å². The summed E-state index contributed by atoms with van der Waals surface area (Å²) in [7, 11) is 1.64. The van der Waals surface area contributed by atoms with E-state index in [4.69, 9.17) is 9.47 Å². The molecule has 0 aliphatic carbocycles. The zero-order valence-electron chi connectivity index (χ0n) is 15.6. The first-order valence-corrected chi connectivity index (χ1v) is 8.83. The summed E-state index contributed by atoms with van der Waals surface area (Å²) in [5, 5.41) is 6.42. The summed E-state index contributed by atoms with van der Waals surface area (Å²) >= 11 is 0. The van der Waals surface area contributed by atoms with Crippen molar-refractivity contribution in [2.45, 2.75) is 52.1 Å². The van der Waals surface area contributed by atoms with E-state index in [2.05, 4.69) is 24.5 Å². The molecule has 2 rings (SSSR count). The average molecular weight is 371 g/mol. The van der Waals surface area contributed by atoms with Gasteiger partial charge in [0.1, 0.15) is 0 Å². The van der Waals surface area contributed by atoms with Crippen molar-refractivity contribution in [1.29, 1.82) is 0 Å². The molecule has 2 N–H and O–H groups in total. The number of halogens is 1. The number of nitrogens with one attached hydrogen (secondary N) is 2. The molecule has 0 bridgehead atoms. The van der Waals surface area contributed by atoms with Gasteiger partial charge >= 0.3 is 0 Å². The van der Waals surface area contributed by atoms with Gasteiger partial charge in [-0.05, 0) is 49.9 Å². The topological polar surface area (TPSA) is 59.6 Å². The molecule has 5 nitrogen and oxygen atoms in total. The van der Waals surface area contributed by atoms with Crippen molar-refractivity contribution < 1.29 is 14.3 Å². The number of carbonyl (C=O) groups is 1. The second kappa shape index (κ2) is 10.5. The third-order valence-corrected chi connectivity index (χ3v) is 4.23. The van der Waals surface area contributed by atoms with Crippen LogP contribution in [0.5, 0.6) is 11.5 Å². The Balaban J connectivity index is 0.00000312. The number of rotatable bonds is 8. The minimum atomic E-state index is -0.0630. The quantitative estimate of drug-likeness (QED) is 0.735. The summed E-state index contributed by atoms with van der Waals surface area (Å²) in [6.07, 6.45) is 2.77. The highest BCUT2D eigenvalue weighted by atomic mass is 35.5. The van der Waals surface area contributed by atoms with E-state index in [1.54, 1.807) is 7.11 Å². The maximum absolute atomic E-state index is 12.2. The molecule has 1 saturated heterocycles. The van der Waals surface area contributed by atoms with Crippen molar-refractivity contribution in [3.63, 3.8) is 0 Å². The Morgan fingerprint density at radius 1 is 1.32 bits per heavy atom. The molecule has 0 aromatic heterocycles. The van der Waals surface area contributed by atoms with Crippen LogP contribution in [0.3, 0.4) is 0 Å². The SMILES string of the molecule is COc1cc(C(C)NC(=O)CC2CCCN2)ccc1OCC(C)C.Cl. The maximum Gasteiger partial charge on any atom is 0.222 e. The van der Waals surface area contributed by atoms with Crippen molar-refractivity contribution >= 4 is 18.3 Å². The van der Waals surface area contributed by atoms with Crippen LogP contribution in [0.4, 0.5) is 0 Å². The molecular formula is C19H31ClN2O3. The molecule has 1 heterocycles. The van der Waals surface area contributed by atoms with Crippen molar-refractivity contribution in [1.82, 2.24) is 10.6 Å². The summed E-state index contributed by atoms with van der Waals surface area (Å²) in [5.74, 6) is 1.98. The highest BCUT2D eigenvalue weighted by molar-refractivity contribution is 5.85. The van der Waals surface area contributed by atoms with Crippen LogP contribution in [0.25, 0.3) is 0 Å². The lowest BCUT2D eigenvalue weighted by Gasteiger charge is -2.18. The van der Waals surface area contributed by atoms with Crippen molar-refractivity contribution in [3.8, 4) is 11.5 Å². The monoisotopic (exact) mass is 370 g/mol. The fourth-order valence-electron chi connectivity index (χ4n) is 2.87. The fraction of sp³-hybridized carbons (Fsp3) is 0.632. The minimum absolute atomic E-state index is 0. The molecule has 1 fully saturated rings. The van der Waals surface area contributed by atoms with Gasteiger partial charge in [0, 0.05) is 12.5 Å². The number of ether oxygens (including phenoxy) is 2. The Hall–Kier alpha value is -1.46. The molecule has 1 aliphatic rings. The molecule has 142 valence electrons. The fourth-order valence-corrected chi connectivity index (χ4v) is 2.87. The zero-order valence-corrected chi connectivity index (χ0v) is 16.4. The van der Waals surface area contributed by atoms with Crippen molar-refractivity contribution in [3.05, 3.63) is 23.8 Å². The van der Waals surface area contributed by atoms with Crippen LogP contribution < -0.4 is 20.1 Å². The summed E-state index contributed by atoms with van der Waals surface area (Å²) in [6, 6.07) is 6.09. The maximum atomic E-state index is 12.2. The van der Waals surface area contributed by atoms with Gasteiger partial charge in [-0.15, -0.1) is 12.4 Å². The third-order valence-electron chi connectivity index (χ3n) is 4.23. The third kappa shape index (κ3) is 6.75. The van der Waals surface area contributed by atoms with Gasteiger partial charge in [-0.2, -0.15) is 0 Å². The van der Waals surface area contributed by atoms with E-state index in [0.29, 0.717) is 30.7 Å². The van der Waals surface area contributed by atoms with Crippen molar-refractivity contribution in [2.75, 3.05) is 20.3 Å². The normalized spacial score (nSPS) is 17.7. The smallest absolute Gasteiger partial charge is 0.222 e. The summed E-state index contributed by atoms with van der Waals surface area (Å²) in [4.78, 5) is 12.2. The number of amides is 1. The standard InChI is InChI=1S/C19H30N2O3.ClH/c1-13(2)12-24-17-8-7-15(10-18(17)23-4)14(3)21-19(22)11-16-6-5-9-20-16;/h7-8,10,13-14,16,20H,5-6,9,11-12H2,1-4H3,(H,21,22);1H. The molecule has 1 aliphatic heterocycles.